The predicted molar refractivity (Wildman–Crippen MR) is 70.5 cm³/mol. The van der Waals surface area contributed by atoms with Gasteiger partial charge in [0.2, 0.25) is 0 Å². The monoisotopic (exact) mass is 288 g/mol. The molecule has 0 radical (unpaired) electrons. The van der Waals surface area contributed by atoms with Gasteiger partial charge in [0.25, 0.3) is 0 Å². The van der Waals surface area contributed by atoms with Crippen LogP contribution in [0, 0.1) is 0 Å². The number of para-hydroxylation sites is 1. The maximum absolute atomic E-state index is 5.91. The number of hydrogen-bond acceptors (Lipinski definition) is 3. The largest absolute Gasteiger partial charge is 0.398 e. The number of nitrogen functional groups attached to an aromatic ring is 1. The Balaban J connectivity index is 2.26. The van der Waals surface area contributed by atoms with Crippen molar-refractivity contribution in [2.45, 2.75) is 0 Å². The van der Waals surface area contributed by atoms with Crippen LogP contribution < -0.4 is 5.73 Å². The summed E-state index contributed by atoms with van der Waals surface area (Å²) in [5, 5.41) is 4.42. The Morgan fingerprint density at radius 3 is 2.65 bits per heavy atom. The first-order valence-electron chi connectivity index (χ1n) is 5.12. The van der Waals surface area contributed by atoms with Crippen LogP contribution >= 0.6 is 15.9 Å². The fourth-order valence-corrected chi connectivity index (χ4v) is 2.10. The normalized spacial score (nSPS) is 10.9. The Hall–Kier alpha value is -1.88. The SMILES string of the molecule is Nc1ccccc1-c1nc2cccc(Br)n2n1. The molecule has 1 aromatic carbocycles. The van der Waals surface area contributed by atoms with Crippen molar-refractivity contribution in [3.63, 3.8) is 0 Å². The van der Waals surface area contributed by atoms with E-state index < -0.39 is 0 Å². The van der Waals surface area contributed by atoms with Crippen molar-refractivity contribution in [2.75, 3.05) is 5.73 Å². The van der Waals surface area contributed by atoms with E-state index in [-0.39, 0.29) is 0 Å². The maximum atomic E-state index is 5.91. The highest BCUT2D eigenvalue weighted by atomic mass is 79.9. The molecule has 3 rings (SSSR count). The predicted octanol–water partition coefficient (Wildman–Crippen LogP) is 2.74. The molecule has 17 heavy (non-hydrogen) atoms. The number of aromatic nitrogens is 3. The van der Waals surface area contributed by atoms with Crippen LogP contribution in [0.1, 0.15) is 0 Å². The molecule has 2 N–H and O–H groups in total. The molecule has 0 saturated carbocycles. The minimum atomic E-state index is 0.634. The summed E-state index contributed by atoms with van der Waals surface area (Å²) in [5.74, 6) is 0.634. The highest BCUT2D eigenvalue weighted by Gasteiger charge is 2.09. The van der Waals surface area contributed by atoms with Crippen molar-refractivity contribution in [3.05, 3.63) is 47.1 Å². The first kappa shape index (κ1) is 10.3. The second-order valence-corrected chi connectivity index (χ2v) is 4.45. The second kappa shape index (κ2) is 3.85. The quantitative estimate of drug-likeness (QED) is 0.553. The topological polar surface area (TPSA) is 56.2 Å². The summed E-state index contributed by atoms with van der Waals surface area (Å²) in [7, 11) is 0. The van der Waals surface area contributed by atoms with Crippen molar-refractivity contribution < 1.29 is 0 Å². The van der Waals surface area contributed by atoms with Gasteiger partial charge in [0.15, 0.2) is 11.5 Å². The molecule has 0 saturated heterocycles. The molecule has 2 aromatic heterocycles. The minimum Gasteiger partial charge on any atom is -0.398 e. The average Bonchev–Trinajstić information content (AvgIpc) is 2.75. The van der Waals surface area contributed by atoms with Crippen molar-refractivity contribution in [3.8, 4) is 11.4 Å². The number of rotatable bonds is 1. The summed E-state index contributed by atoms with van der Waals surface area (Å²) in [6.07, 6.45) is 0. The van der Waals surface area contributed by atoms with Crippen LogP contribution in [0.2, 0.25) is 0 Å². The van der Waals surface area contributed by atoms with Gasteiger partial charge in [-0.05, 0) is 40.2 Å². The van der Waals surface area contributed by atoms with Crippen LogP contribution in [0.25, 0.3) is 17.0 Å². The van der Waals surface area contributed by atoms with Gasteiger partial charge in [0.05, 0.1) is 0 Å². The van der Waals surface area contributed by atoms with Crippen molar-refractivity contribution >= 4 is 27.3 Å². The Morgan fingerprint density at radius 1 is 1.06 bits per heavy atom. The van der Waals surface area contributed by atoms with Gasteiger partial charge in [-0.1, -0.05) is 18.2 Å². The van der Waals surface area contributed by atoms with Gasteiger partial charge >= 0.3 is 0 Å². The lowest BCUT2D eigenvalue weighted by Crippen LogP contribution is -1.92. The molecule has 0 bridgehead atoms. The molecule has 0 fully saturated rings. The van der Waals surface area contributed by atoms with Crippen molar-refractivity contribution in [1.29, 1.82) is 0 Å². The Labute approximate surface area is 106 Å². The zero-order valence-corrected chi connectivity index (χ0v) is 10.4. The molecule has 4 nitrogen and oxygen atoms in total. The Kier molecular flexibility index (Phi) is 2.33. The summed E-state index contributed by atoms with van der Waals surface area (Å²) < 4.78 is 2.60. The molecule has 0 unspecified atom stereocenters. The Bertz CT molecular complexity index is 690. The summed E-state index contributed by atoms with van der Waals surface area (Å²) in [5.41, 5.74) is 8.23. The van der Waals surface area contributed by atoms with E-state index in [2.05, 4.69) is 26.0 Å². The zero-order valence-electron chi connectivity index (χ0n) is 8.84. The van der Waals surface area contributed by atoms with Gasteiger partial charge in [0, 0.05) is 11.3 Å². The number of benzene rings is 1. The van der Waals surface area contributed by atoms with Gasteiger partial charge in [0.1, 0.15) is 4.60 Å². The molecule has 0 aliphatic carbocycles. The van der Waals surface area contributed by atoms with E-state index in [1.54, 1.807) is 4.52 Å². The first-order valence-corrected chi connectivity index (χ1v) is 5.91. The van der Waals surface area contributed by atoms with E-state index in [1.165, 1.54) is 0 Å². The van der Waals surface area contributed by atoms with E-state index >= 15 is 0 Å². The molecule has 0 spiro atoms. The van der Waals surface area contributed by atoms with Gasteiger partial charge in [-0.3, -0.25) is 0 Å². The summed E-state index contributed by atoms with van der Waals surface area (Å²) in [6.45, 7) is 0. The van der Waals surface area contributed by atoms with Crippen molar-refractivity contribution in [2.24, 2.45) is 0 Å². The highest BCUT2D eigenvalue weighted by Crippen LogP contribution is 2.23. The first-order chi connectivity index (χ1) is 8.25. The lowest BCUT2D eigenvalue weighted by atomic mass is 10.2. The lowest BCUT2D eigenvalue weighted by molar-refractivity contribution is 0.940. The number of pyridine rings is 1. The number of anilines is 1. The third-order valence-electron chi connectivity index (χ3n) is 2.52. The fourth-order valence-electron chi connectivity index (χ4n) is 1.69. The third-order valence-corrected chi connectivity index (χ3v) is 3.12. The summed E-state index contributed by atoms with van der Waals surface area (Å²) in [4.78, 5) is 4.45. The minimum absolute atomic E-state index is 0.634. The maximum Gasteiger partial charge on any atom is 0.184 e. The van der Waals surface area contributed by atoms with Crippen molar-refractivity contribution in [1.82, 2.24) is 14.6 Å². The summed E-state index contributed by atoms with van der Waals surface area (Å²) in [6, 6.07) is 13.3. The van der Waals surface area contributed by atoms with Crippen LogP contribution in [-0.4, -0.2) is 14.6 Å². The van der Waals surface area contributed by atoms with Gasteiger partial charge in [-0.2, -0.15) is 0 Å². The smallest absolute Gasteiger partial charge is 0.184 e. The van der Waals surface area contributed by atoms with Gasteiger partial charge < -0.3 is 5.73 Å². The average molecular weight is 289 g/mol. The Morgan fingerprint density at radius 2 is 1.88 bits per heavy atom. The molecule has 0 amide bonds. The number of halogens is 1. The zero-order chi connectivity index (χ0) is 11.8. The van der Waals surface area contributed by atoms with Crippen LogP contribution in [0.4, 0.5) is 5.69 Å². The molecule has 0 aliphatic rings. The van der Waals surface area contributed by atoms with Gasteiger partial charge in [-0.25, -0.2) is 9.50 Å². The van der Waals surface area contributed by atoms with E-state index in [4.69, 9.17) is 5.73 Å². The molecule has 3 aromatic rings. The van der Waals surface area contributed by atoms with Crippen LogP contribution in [0.5, 0.6) is 0 Å². The molecule has 2 heterocycles. The number of fused-ring (bicyclic) bond motifs is 1. The number of nitrogens with two attached hydrogens (primary N) is 1. The molecular weight excluding hydrogens is 280 g/mol. The molecular formula is C12H9BrN4. The third kappa shape index (κ3) is 1.68. The molecule has 0 atom stereocenters. The number of hydrogen-bond donors (Lipinski definition) is 1. The van der Waals surface area contributed by atoms with E-state index in [1.807, 2.05) is 42.5 Å². The summed E-state index contributed by atoms with van der Waals surface area (Å²) >= 11 is 3.43. The number of nitrogens with zero attached hydrogens (tertiary/aromatic N) is 3. The second-order valence-electron chi connectivity index (χ2n) is 3.64. The highest BCUT2D eigenvalue weighted by molar-refractivity contribution is 9.10. The van der Waals surface area contributed by atoms with Crippen LogP contribution in [0.3, 0.4) is 0 Å². The van der Waals surface area contributed by atoms with Gasteiger partial charge in [-0.15, -0.1) is 5.10 Å². The van der Waals surface area contributed by atoms with E-state index in [9.17, 15) is 0 Å². The standard InChI is InChI=1S/C12H9BrN4/c13-10-6-3-7-11-15-12(16-17(10)11)8-4-1-2-5-9(8)14/h1-7H,14H2. The van der Waals surface area contributed by atoms with E-state index in [0.29, 0.717) is 11.5 Å². The van der Waals surface area contributed by atoms with Crippen LogP contribution in [0.15, 0.2) is 47.1 Å². The lowest BCUT2D eigenvalue weighted by Gasteiger charge is -1.98. The fraction of sp³-hybridized carbons (Fsp3) is 0. The van der Waals surface area contributed by atoms with Crippen LogP contribution in [-0.2, 0) is 0 Å². The molecule has 84 valence electrons. The molecule has 5 heteroatoms. The van der Waals surface area contributed by atoms with E-state index in [0.717, 1.165) is 15.8 Å². The molecule has 0 aliphatic heterocycles.